The monoisotopic (exact) mass is 663 g/mol. The molecule has 0 saturated carbocycles. The summed E-state index contributed by atoms with van der Waals surface area (Å²) in [5.41, 5.74) is 12.6. The summed E-state index contributed by atoms with van der Waals surface area (Å²) in [7, 11) is -5.50. The lowest BCUT2D eigenvalue weighted by molar-refractivity contribution is -0.136. The van der Waals surface area contributed by atoms with E-state index >= 15 is 0 Å². The van der Waals surface area contributed by atoms with Gasteiger partial charge >= 0.3 is 19.2 Å². The van der Waals surface area contributed by atoms with Crippen LogP contribution in [-0.4, -0.2) is 64.5 Å². The molecule has 0 unspecified atom stereocenters. The summed E-state index contributed by atoms with van der Waals surface area (Å²) in [5.74, 6) is 0.0809. The highest BCUT2D eigenvalue weighted by atomic mass is 31.2. The van der Waals surface area contributed by atoms with E-state index in [1.165, 1.54) is 0 Å². The number of nitrogens with two attached hydrogens (primary N) is 2. The third-order valence-electron chi connectivity index (χ3n) is 7.24. The van der Waals surface area contributed by atoms with E-state index in [1.807, 2.05) is 49.4 Å². The molecule has 14 heteroatoms. The van der Waals surface area contributed by atoms with Gasteiger partial charge in [0.15, 0.2) is 0 Å². The van der Waals surface area contributed by atoms with Crippen molar-refractivity contribution in [3.8, 4) is 5.75 Å². The summed E-state index contributed by atoms with van der Waals surface area (Å²) in [6.45, 7) is 6.18. The van der Waals surface area contributed by atoms with Gasteiger partial charge in [0.25, 0.3) is 0 Å². The fraction of sp³-hybridized carbons (Fsp3) is 0.375. The topological polar surface area (TPSA) is 187 Å². The van der Waals surface area contributed by atoms with Crippen LogP contribution in [0.3, 0.4) is 0 Å². The van der Waals surface area contributed by atoms with E-state index in [-0.39, 0.29) is 32.8 Å². The minimum Gasteiger partial charge on any atom is -0.491 e. The second kappa shape index (κ2) is 16.6. The number of aryl methyl sites for hydroxylation is 3. The van der Waals surface area contributed by atoms with Gasteiger partial charge in [0, 0.05) is 23.4 Å². The van der Waals surface area contributed by atoms with Crippen molar-refractivity contribution >= 4 is 42.9 Å². The Bertz CT molecular complexity index is 1710. The number of nitrogens with zero attached hydrogens (tertiary/aromatic N) is 1. The van der Waals surface area contributed by atoms with Gasteiger partial charge in [-0.15, -0.1) is 0 Å². The van der Waals surface area contributed by atoms with Crippen LogP contribution >= 0.6 is 7.60 Å². The van der Waals surface area contributed by atoms with Crippen molar-refractivity contribution in [3.05, 3.63) is 75.3 Å². The highest BCUT2D eigenvalue weighted by Crippen LogP contribution is 2.54. The Morgan fingerprint density at radius 3 is 2.39 bits per heavy atom. The van der Waals surface area contributed by atoms with Gasteiger partial charge in [0.2, 0.25) is 0 Å². The Morgan fingerprint density at radius 2 is 1.74 bits per heavy atom. The molecule has 1 heterocycles. The van der Waals surface area contributed by atoms with Crippen molar-refractivity contribution < 1.29 is 47.2 Å². The van der Waals surface area contributed by atoms with E-state index in [4.69, 9.17) is 40.6 Å². The molecule has 0 fully saturated rings. The number of anilines is 1. The lowest BCUT2D eigenvalue weighted by Crippen LogP contribution is -2.29. The normalized spacial score (nSPS) is 13.0. The molecule has 0 amide bonds. The highest BCUT2D eigenvalue weighted by molar-refractivity contribution is 7.53. The quantitative estimate of drug-likeness (QED) is 0.0992. The number of allylic oxidation sites excluding steroid dienone is 1. The van der Waals surface area contributed by atoms with E-state index in [1.54, 1.807) is 6.20 Å². The lowest BCUT2D eigenvalue weighted by atomic mass is 9.99. The summed E-state index contributed by atoms with van der Waals surface area (Å²) < 4.78 is 53.1. The predicted octanol–water partition coefficient (Wildman–Crippen LogP) is 3.38. The first-order valence-electron chi connectivity index (χ1n) is 14.5. The van der Waals surface area contributed by atoms with Crippen molar-refractivity contribution in [1.29, 1.82) is 0 Å². The minimum atomic E-state index is -5.50. The highest BCUT2D eigenvalue weighted by Gasteiger charge is 2.48. The van der Waals surface area contributed by atoms with Gasteiger partial charge in [-0.25, -0.2) is 4.98 Å². The average molecular weight is 664 g/mol. The zero-order valence-corrected chi connectivity index (χ0v) is 26.5. The second-order valence-electron chi connectivity index (χ2n) is 10.6. The molecule has 0 spiro atoms. The van der Waals surface area contributed by atoms with Crippen molar-refractivity contribution in [2.45, 2.75) is 44.7 Å². The van der Waals surface area contributed by atoms with Gasteiger partial charge in [0.05, 0.1) is 31.9 Å². The van der Waals surface area contributed by atoms with Gasteiger partial charge in [0.1, 0.15) is 18.2 Å². The van der Waals surface area contributed by atoms with Crippen LogP contribution < -0.4 is 26.6 Å². The largest absolute Gasteiger partial charge is 0.491 e. The molecule has 3 aromatic rings. The van der Waals surface area contributed by atoms with Gasteiger partial charge in [-0.2, -0.15) is 8.78 Å². The van der Waals surface area contributed by atoms with Gasteiger partial charge in [-0.3, -0.25) is 9.36 Å². The molecule has 0 aliphatic carbocycles. The number of carbonyl (C=O) groups is 1. The Morgan fingerprint density at radius 1 is 1.04 bits per heavy atom. The molecule has 0 aliphatic heterocycles. The Balaban J connectivity index is 1.51. The van der Waals surface area contributed by atoms with Crippen molar-refractivity contribution in [2.24, 2.45) is 5.73 Å². The molecule has 250 valence electrons. The predicted molar refractivity (Wildman–Crippen MR) is 172 cm³/mol. The van der Waals surface area contributed by atoms with Crippen LogP contribution in [0.15, 0.2) is 48.2 Å². The zero-order chi connectivity index (χ0) is 33.9. The molecule has 0 saturated heterocycles. The lowest BCUT2D eigenvalue weighted by Gasteiger charge is -2.17. The van der Waals surface area contributed by atoms with Crippen LogP contribution in [0.25, 0.3) is 23.6 Å². The number of fused-ring (bicyclic) bond motifs is 1. The maximum Gasteiger partial charge on any atom is 0.394 e. The molecule has 2 aromatic carbocycles. The molecule has 1 aromatic heterocycles. The molecular weight excluding hydrogens is 623 g/mol. The number of carboxylic acid groups (broad SMARTS) is 1. The number of ether oxygens (including phenoxy) is 3. The summed E-state index contributed by atoms with van der Waals surface area (Å²) >= 11 is 0. The fourth-order valence-corrected chi connectivity index (χ4v) is 4.94. The third kappa shape index (κ3) is 10.6. The van der Waals surface area contributed by atoms with Crippen LogP contribution in [0.2, 0.25) is 0 Å². The molecule has 0 bridgehead atoms. The summed E-state index contributed by atoms with van der Waals surface area (Å²) in [6.07, 6.45) is 4.19. The number of hydrogen-bond donors (Lipinski definition) is 5. The Labute approximate surface area is 265 Å². The molecule has 11 nitrogen and oxygen atoms in total. The van der Waals surface area contributed by atoms with Crippen LogP contribution in [0.1, 0.15) is 36.0 Å². The zero-order valence-electron chi connectivity index (χ0n) is 25.6. The van der Waals surface area contributed by atoms with Crippen LogP contribution in [-0.2, 0) is 31.7 Å². The standard InChI is InChI=1S/C32H40F2N3O8P/c1-21-17-26(45-16-15-44-14-13-43-12-11-32(33,34)46(40,41)42)8-7-25(21)6-3-24(20-35)18-28-22(2)31(36)37-29-19-23(4-9-27(28)29)5-10-30(38)39/h4,7-9,17-20H,2-3,5-6,10-16,35H2,1H3,(H2,36,37)(H,38,39)(H2,40,41,42)/b24-20-,28-18+. The van der Waals surface area contributed by atoms with E-state index in [0.717, 1.165) is 32.9 Å². The third-order valence-corrected chi connectivity index (χ3v) is 8.31. The van der Waals surface area contributed by atoms with E-state index < -0.39 is 32.3 Å². The maximum atomic E-state index is 13.2. The van der Waals surface area contributed by atoms with Crippen molar-refractivity contribution in [3.63, 3.8) is 0 Å². The minimum absolute atomic E-state index is 0.00190. The number of carboxylic acids is 1. The maximum absolute atomic E-state index is 13.2. The number of benzene rings is 2. The SMILES string of the molecule is C=c1c(N)nc2cc(CCC(=O)O)ccc2/c1=C/C(=C\N)CCc1ccc(OCCOCCOCCC(F)(F)P(=O)(O)O)cc1C. The first kappa shape index (κ1) is 36.6. The Hall–Kier alpha value is -3.87. The summed E-state index contributed by atoms with van der Waals surface area (Å²) in [4.78, 5) is 32.6. The number of aliphatic carboxylic acids is 1. The molecular formula is C32H40F2N3O8P. The van der Waals surface area contributed by atoms with Gasteiger partial charge < -0.3 is 40.6 Å². The number of alkyl halides is 2. The van der Waals surface area contributed by atoms with E-state index in [0.29, 0.717) is 41.6 Å². The number of rotatable bonds is 18. The van der Waals surface area contributed by atoms with Crippen LogP contribution in [0.5, 0.6) is 5.75 Å². The first-order chi connectivity index (χ1) is 21.7. The van der Waals surface area contributed by atoms with Crippen molar-refractivity contribution in [1.82, 2.24) is 4.98 Å². The smallest absolute Gasteiger partial charge is 0.394 e. The molecule has 0 atom stereocenters. The molecule has 3 rings (SSSR count). The van der Waals surface area contributed by atoms with E-state index in [2.05, 4.69) is 11.6 Å². The van der Waals surface area contributed by atoms with Gasteiger partial charge in [-0.05, 0) is 84.1 Å². The van der Waals surface area contributed by atoms with Crippen molar-refractivity contribution in [2.75, 3.05) is 38.8 Å². The summed E-state index contributed by atoms with van der Waals surface area (Å²) in [5, 5.41) is 11.2. The number of halogens is 2. The van der Waals surface area contributed by atoms with Crippen LogP contribution in [0.4, 0.5) is 14.6 Å². The van der Waals surface area contributed by atoms with Crippen LogP contribution in [0, 0.1) is 6.92 Å². The molecule has 7 N–H and O–H groups in total. The molecule has 0 radical (unpaired) electrons. The average Bonchev–Trinajstić information content (AvgIpc) is 2.99. The number of hydrogen-bond acceptors (Lipinski definition) is 8. The fourth-order valence-electron chi connectivity index (χ4n) is 4.55. The Kier molecular flexibility index (Phi) is 13.2. The first-order valence-corrected chi connectivity index (χ1v) is 16.2. The molecule has 0 aliphatic rings. The number of nitrogen functional groups attached to an aromatic ring is 1. The number of aromatic nitrogens is 1. The van der Waals surface area contributed by atoms with E-state index in [9.17, 15) is 18.1 Å². The summed E-state index contributed by atoms with van der Waals surface area (Å²) in [6, 6.07) is 11.4. The number of pyridine rings is 1. The molecule has 46 heavy (non-hydrogen) atoms. The second-order valence-corrected chi connectivity index (χ2v) is 12.4. The van der Waals surface area contributed by atoms with Gasteiger partial charge in [-0.1, -0.05) is 24.8 Å².